The standard InChI is InChI=1S/C10H10F2N2O3/c1-5-6(10(16)17)2-3-7(14-5)9(15)13-4-8(11)12/h2-3,8H,4H2,1H3,(H,13,15)(H,16,17). The van der Waals surface area contributed by atoms with E-state index in [9.17, 15) is 18.4 Å². The van der Waals surface area contributed by atoms with Gasteiger partial charge in [0.15, 0.2) is 0 Å². The molecule has 17 heavy (non-hydrogen) atoms. The van der Waals surface area contributed by atoms with Gasteiger partial charge in [-0.05, 0) is 19.1 Å². The molecule has 0 atom stereocenters. The van der Waals surface area contributed by atoms with Crippen LogP contribution in [0.15, 0.2) is 12.1 Å². The highest BCUT2D eigenvalue weighted by Gasteiger charge is 2.13. The molecular formula is C10H10F2N2O3. The SMILES string of the molecule is Cc1nc(C(=O)NCC(F)F)ccc1C(=O)O. The quantitative estimate of drug-likeness (QED) is 0.830. The zero-order valence-electron chi connectivity index (χ0n) is 8.91. The van der Waals surface area contributed by atoms with Gasteiger partial charge in [-0.25, -0.2) is 18.6 Å². The largest absolute Gasteiger partial charge is 0.478 e. The average Bonchev–Trinajstić information content (AvgIpc) is 2.25. The minimum atomic E-state index is -2.64. The van der Waals surface area contributed by atoms with Gasteiger partial charge in [-0.3, -0.25) is 4.79 Å². The van der Waals surface area contributed by atoms with Crippen molar-refractivity contribution in [2.24, 2.45) is 0 Å². The van der Waals surface area contributed by atoms with Crippen LogP contribution in [0.2, 0.25) is 0 Å². The Morgan fingerprint density at radius 3 is 2.59 bits per heavy atom. The maximum Gasteiger partial charge on any atom is 0.337 e. The Morgan fingerprint density at radius 2 is 2.12 bits per heavy atom. The van der Waals surface area contributed by atoms with Crippen molar-refractivity contribution < 1.29 is 23.5 Å². The molecule has 7 heteroatoms. The van der Waals surface area contributed by atoms with Crippen molar-refractivity contribution in [2.45, 2.75) is 13.3 Å². The first-order valence-electron chi connectivity index (χ1n) is 4.69. The van der Waals surface area contributed by atoms with E-state index in [0.29, 0.717) is 0 Å². The molecule has 1 rings (SSSR count). The minimum absolute atomic E-state index is 0.0320. The Morgan fingerprint density at radius 1 is 1.47 bits per heavy atom. The second-order valence-electron chi connectivity index (χ2n) is 3.24. The third-order valence-corrected chi connectivity index (χ3v) is 1.97. The first-order chi connectivity index (χ1) is 7.91. The van der Waals surface area contributed by atoms with Crippen LogP contribution in [0.5, 0.6) is 0 Å². The molecule has 0 aliphatic rings. The normalized spacial score (nSPS) is 10.4. The van der Waals surface area contributed by atoms with Crippen molar-refractivity contribution in [3.63, 3.8) is 0 Å². The average molecular weight is 244 g/mol. The molecule has 0 aromatic carbocycles. The lowest BCUT2D eigenvalue weighted by Crippen LogP contribution is -2.29. The van der Waals surface area contributed by atoms with E-state index in [1.54, 1.807) is 0 Å². The molecule has 0 aliphatic carbocycles. The Bertz CT molecular complexity index is 449. The van der Waals surface area contributed by atoms with E-state index in [4.69, 9.17) is 5.11 Å². The van der Waals surface area contributed by atoms with E-state index >= 15 is 0 Å². The lowest BCUT2D eigenvalue weighted by Gasteiger charge is -2.05. The van der Waals surface area contributed by atoms with Crippen molar-refractivity contribution in [1.82, 2.24) is 10.3 Å². The number of aromatic nitrogens is 1. The molecule has 0 bridgehead atoms. The fraction of sp³-hybridized carbons (Fsp3) is 0.300. The second kappa shape index (κ2) is 5.33. The fourth-order valence-corrected chi connectivity index (χ4v) is 1.17. The second-order valence-corrected chi connectivity index (χ2v) is 3.24. The predicted octanol–water partition coefficient (Wildman–Crippen LogP) is 1.08. The Hall–Kier alpha value is -2.05. The summed E-state index contributed by atoms with van der Waals surface area (Å²) in [5, 5.41) is 10.7. The molecule has 0 unspecified atom stereocenters. The number of carbonyl (C=O) groups excluding carboxylic acids is 1. The molecule has 5 nitrogen and oxygen atoms in total. The maximum absolute atomic E-state index is 11.8. The number of pyridine rings is 1. The summed E-state index contributed by atoms with van der Waals surface area (Å²) in [7, 11) is 0. The van der Waals surface area contributed by atoms with Gasteiger partial charge in [-0.2, -0.15) is 0 Å². The van der Waals surface area contributed by atoms with Gasteiger partial charge in [0.05, 0.1) is 17.8 Å². The molecule has 1 aromatic rings. The number of hydrogen-bond donors (Lipinski definition) is 2. The van der Waals surface area contributed by atoms with Crippen LogP contribution in [0.1, 0.15) is 26.5 Å². The molecule has 1 amide bonds. The molecule has 1 heterocycles. The number of hydrogen-bond acceptors (Lipinski definition) is 3. The highest BCUT2D eigenvalue weighted by molar-refractivity contribution is 5.94. The molecule has 0 saturated carbocycles. The predicted molar refractivity (Wildman–Crippen MR) is 54.3 cm³/mol. The highest BCUT2D eigenvalue weighted by Crippen LogP contribution is 2.07. The molecule has 92 valence electrons. The monoisotopic (exact) mass is 244 g/mol. The van der Waals surface area contributed by atoms with E-state index < -0.39 is 24.8 Å². The molecule has 0 radical (unpaired) electrons. The van der Waals surface area contributed by atoms with Crippen molar-refractivity contribution in [2.75, 3.05) is 6.54 Å². The summed E-state index contributed by atoms with van der Waals surface area (Å²) in [6.07, 6.45) is -2.64. The van der Waals surface area contributed by atoms with Crippen LogP contribution >= 0.6 is 0 Å². The van der Waals surface area contributed by atoms with Crippen LogP contribution in [0, 0.1) is 6.92 Å². The summed E-state index contributed by atoms with van der Waals surface area (Å²) in [5.74, 6) is -1.92. The molecule has 0 saturated heterocycles. The smallest absolute Gasteiger partial charge is 0.337 e. The summed E-state index contributed by atoms with van der Waals surface area (Å²) in [5.41, 5.74) is 0.0331. The topological polar surface area (TPSA) is 79.3 Å². The summed E-state index contributed by atoms with van der Waals surface area (Å²) >= 11 is 0. The zero-order chi connectivity index (χ0) is 13.0. The molecule has 2 N–H and O–H groups in total. The number of aromatic carboxylic acids is 1. The lowest BCUT2D eigenvalue weighted by atomic mass is 10.2. The maximum atomic E-state index is 11.8. The summed E-state index contributed by atoms with van der Waals surface area (Å²) in [4.78, 5) is 25.7. The molecule has 1 aromatic heterocycles. The molecular weight excluding hydrogens is 234 g/mol. The van der Waals surface area contributed by atoms with E-state index in [2.05, 4.69) is 4.98 Å². The fourth-order valence-electron chi connectivity index (χ4n) is 1.17. The Balaban J connectivity index is 2.83. The van der Waals surface area contributed by atoms with E-state index in [1.807, 2.05) is 5.32 Å². The van der Waals surface area contributed by atoms with Crippen LogP contribution in [0.4, 0.5) is 8.78 Å². The van der Waals surface area contributed by atoms with Gasteiger partial charge in [0.25, 0.3) is 12.3 Å². The van der Waals surface area contributed by atoms with Crippen molar-refractivity contribution in [3.05, 3.63) is 29.1 Å². The summed E-state index contributed by atoms with van der Waals surface area (Å²) in [6.45, 7) is 0.660. The number of nitrogens with one attached hydrogen (secondary N) is 1. The molecule has 0 spiro atoms. The van der Waals surface area contributed by atoms with Gasteiger partial charge in [-0.1, -0.05) is 0 Å². The van der Waals surface area contributed by atoms with Crippen LogP contribution in [-0.4, -0.2) is 34.9 Å². The number of halogens is 2. The van der Waals surface area contributed by atoms with Crippen LogP contribution in [0.3, 0.4) is 0 Å². The number of carbonyl (C=O) groups is 2. The number of rotatable bonds is 4. The number of carboxylic acid groups (broad SMARTS) is 1. The summed E-state index contributed by atoms with van der Waals surface area (Å²) < 4.78 is 23.7. The van der Waals surface area contributed by atoms with Gasteiger partial charge >= 0.3 is 5.97 Å². The van der Waals surface area contributed by atoms with E-state index in [1.165, 1.54) is 19.1 Å². The van der Waals surface area contributed by atoms with Crippen LogP contribution < -0.4 is 5.32 Å². The number of alkyl halides is 2. The van der Waals surface area contributed by atoms with E-state index in [0.717, 1.165) is 0 Å². The Kier molecular flexibility index (Phi) is 4.08. The van der Waals surface area contributed by atoms with Gasteiger partial charge in [-0.15, -0.1) is 0 Å². The minimum Gasteiger partial charge on any atom is -0.478 e. The summed E-state index contributed by atoms with van der Waals surface area (Å²) in [6, 6.07) is 2.39. The van der Waals surface area contributed by atoms with E-state index in [-0.39, 0.29) is 17.0 Å². The third-order valence-electron chi connectivity index (χ3n) is 1.97. The number of amides is 1. The van der Waals surface area contributed by atoms with Gasteiger partial charge in [0.1, 0.15) is 5.69 Å². The lowest BCUT2D eigenvalue weighted by molar-refractivity contribution is 0.0694. The number of carboxylic acids is 1. The van der Waals surface area contributed by atoms with Crippen molar-refractivity contribution in [1.29, 1.82) is 0 Å². The van der Waals surface area contributed by atoms with Crippen LogP contribution in [-0.2, 0) is 0 Å². The van der Waals surface area contributed by atoms with Gasteiger partial charge in [0.2, 0.25) is 0 Å². The highest BCUT2D eigenvalue weighted by atomic mass is 19.3. The van der Waals surface area contributed by atoms with Gasteiger partial charge < -0.3 is 10.4 Å². The molecule has 0 fully saturated rings. The van der Waals surface area contributed by atoms with Crippen LogP contribution in [0.25, 0.3) is 0 Å². The first kappa shape index (κ1) is 13.0. The molecule has 0 aliphatic heterocycles. The van der Waals surface area contributed by atoms with Crippen molar-refractivity contribution >= 4 is 11.9 Å². The first-order valence-corrected chi connectivity index (χ1v) is 4.69. The third kappa shape index (κ3) is 3.47. The Labute approximate surface area is 95.5 Å². The number of nitrogens with zero attached hydrogens (tertiary/aromatic N) is 1. The number of aryl methyl sites for hydroxylation is 1. The van der Waals surface area contributed by atoms with Crippen molar-refractivity contribution in [3.8, 4) is 0 Å². The zero-order valence-corrected chi connectivity index (χ0v) is 8.91. The van der Waals surface area contributed by atoms with Gasteiger partial charge in [0, 0.05) is 0 Å².